The summed E-state index contributed by atoms with van der Waals surface area (Å²) >= 11 is 9.47. The van der Waals surface area contributed by atoms with E-state index in [0.29, 0.717) is 5.69 Å². The minimum atomic E-state index is -4.75. The fourth-order valence-corrected chi connectivity index (χ4v) is 2.97. The monoisotopic (exact) mass is 405 g/mol. The van der Waals surface area contributed by atoms with Crippen molar-refractivity contribution in [2.75, 3.05) is 11.6 Å². The molecule has 0 saturated heterocycles. The molecule has 0 bridgehead atoms. The first-order valence-corrected chi connectivity index (χ1v) is 7.86. The lowest BCUT2D eigenvalue weighted by Gasteiger charge is -2.36. The van der Waals surface area contributed by atoms with Crippen LogP contribution in [0.15, 0.2) is 12.1 Å². The highest BCUT2D eigenvalue weighted by Gasteiger charge is 2.68. The van der Waals surface area contributed by atoms with Gasteiger partial charge >= 0.3 is 16.7 Å². The van der Waals surface area contributed by atoms with Gasteiger partial charge in [-0.05, 0) is 60.7 Å². The molecule has 0 saturated carbocycles. The van der Waals surface area contributed by atoms with Gasteiger partial charge in [0.1, 0.15) is 0 Å². The minimum absolute atomic E-state index is 0.193. The van der Waals surface area contributed by atoms with Crippen molar-refractivity contribution in [3.05, 3.63) is 28.8 Å². The number of nitrogens with zero attached hydrogens (tertiary/aromatic N) is 1. The van der Waals surface area contributed by atoms with Gasteiger partial charge in [0.05, 0.1) is 12.2 Å². The molecule has 0 unspecified atom stereocenters. The van der Waals surface area contributed by atoms with E-state index in [1.54, 1.807) is 6.92 Å². The van der Waals surface area contributed by atoms with Crippen molar-refractivity contribution in [1.29, 1.82) is 0 Å². The number of benzene rings is 1. The topological polar surface area (TPSA) is 49.8 Å². The molecule has 0 aromatic heterocycles. The maximum Gasteiger partial charge on any atom is 0.361 e. The fourth-order valence-electron chi connectivity index (χ4n) is 2.47. The average Bonchev–Trinajstić information content (AvgIpc) is 2.41. The third kappa shape index (κ3) is 4.12. The number of hydroxylamine groups is 1. The van der Waals surface area contributed by atoms with Crippen molar-refractivity contribution in [3.63, 3.8) is 0 Å². The Bertz CT molecular complexity index is 622. The molecule has 1 N–H and O–H groups in total. The molecule has 1 aromatic rings. The summed E-state index contributed by atoms with van der Waals surface area (Å²) < 4.78 is 54.3. The highest BCUT2D eigenvalue weighted by molar-refractivity contribution is 6.26. The van der Waals surface area contributed by atoms with Gasteiger partial charge in [0.15, 0.2) is 0 Å². The van der Waals surface area contributed by atoms with Crippen molar-refractivity contribution in [3.8, 4) is 0 Å². The second-order valence-corrected chi connectivity index (χ2v) is 6.39. The number of halogens is 6. The molecule has 0 fully saturated rings. The molecule has 0 radical (unpaired) electrons. The third-order valence-corrected chi connectivity index (χ3v) is 4.05. The number of aryl methyl sites for hydroxylation is 2. The second kappa shape index (κ2) is 7.17. The smallest absolute Gasteiger partial charge is 0.361 e. The van der Waals surface area contributed by atoms with Crippen LogP contribution in [-0.4, -0.2) is 28.4 Å². The Morgan fingerprint density at radius 3 is 1.84 bits per heavy atom. The average molecular weight is 406 g/mol. The lowest BCUT2D eigenvalue weighted by atomic mass is 9.90. The molecule has 0 aliphatic rings. The summed E-state index contributed by atoms with van der Waals surface area (Å²) in [5, 5.41) is 1.65. The summed E-state index contributed by atoms with van der Waals surface area (Å²) in [5.41, 5.74) is -4.32. The summed E-state index contributed by atoms with van der Waals surface area (Å²) in [4.78, 5) is 16.2. The zero-order valence-corrected chi connectivity index (χ0v) is 15.4. The lowest BCUT2D eigenvalue weighted by molar-refractivity contribution is -0.224. The molecular weight excluding hydrogens is 389 g/mol. The summed E-state index contributed by atoms with van der Waals surface area (Å²) in [7, 11) is 0. The molecule has 25 heavy (non-hydrogen) atoms. The van der Waals surface area contributed by atoms with Crippen LogP contribution in [0.4, 0.5) is 23.2 Å². The van der Waals surface area contributed by atoms with Crippen molar-refractivity contribution < 1.29 is 32.3 Å². The van der Waals surface area contributed by atoms with Crippen LogP contribution in [0.5, 0.6) is 0 Å². The van der Waals surface area contributed by atoms with Crippen LogP contribution in [0.2, 0.25) is 0 Å². The van der Waals surface area contributed by atoms with Gasteiger partial charge < -0.3 is 9.94 Å². The summed E-state index contributed by atoms with van der Waals surface area (Å²) in [6, 6.07) is 1.78. The van der Waals surface area contributed by atoms with E-state index < -0.39 is 27.9 Å². The number of carbonyl (C=O) groups is 1. The maximum atomic E-state index is 13.6. The number of hydrogen-bond acceptors (Lipinski definition) is 4. The van der Waals surface area contributed by atoms with E-state index in [2.05, 4.69) is 0 Å². The van der Waals surface area contributed by atoms with E-state index in [0.717, 1.165) is 12.1 Å². The van der Waals surface area contributed by atoms with Crippen molar-refractivity contribution >= 4 is 34.9 Å². The van der Waals surface area contributed by atoms with Crippen LogP contribution >= 0.6 is 23.2 Å². The molecule has 1 rings (SSSR count). The largest absolute Gasteiger partial charge is 0.372 e. The molecule has 0 amide bonds. The van der Waals surface area contributed by atoms with Crippen molar-refractivity contribution in [1.82, 2.24) is 0 Å². The van der Waals surface area contributed by atoms with Crippen LogP contribution in [0, 0.1) is 13.8 Å². The van der Waals surface area contributed by atoms with E-state index >= 15 is 0 Å². The Hall–Kier alpha value is -1.25. The highest BCUT2D eigenvalue weighted by Crippen LogP contribution is 2.53. The van der Waals surface area contributed by atoms with Crippen LogP contribution in [0.25, 0.3) is 0 Å². The Balaban J connectivity index is 3.59. The first-order valence-electron chi connectivity index (χ1n) is 7.10. The van der Waals surface area contributed by atoms with E-state index in [1.807, 2.05) is 0 Å². The maximum absolute atomic E-state index is 13.6. The molecule has 4 nitrogen and oxygen atoms in total. The Labute approximate surface area is 152 Å². The first-order chi connectivity index (χ1) is 11.2. The molecule has 0 aliphatic carbocycles. The van der Waals surface area contributed by atoms with Crippen LogP contribution in [0.3, 0.4) is 0 Å². The van der Waals surface area contributed by atoms with Gasteiger partial charge in [0.25, 0.3) is 0 Å². The molecule has 0 spiro atoms. The third-order valence-electron chi connectivity index (χ3n) is 3.50. The van der Waals surface area contributed by atoms with Gasteiger partial charge in [0.2, 0.25) is 5.60 Å². The second-order valence-electron chi connectivity index (χ2n) is 5.44. The van der Waals surface area contributed by atoms with Crippen LogP contribution < -0.4 is 5.06 Å². The Morgan fingerprint density at radius 2 is 1.56 bits per heavy atom. The van der Waals surface area contributed by atoms with Crippen molar-refractivity contribution in [2.24, 2.45) is 0 Å². The zero-order chi connectivity index (χ0) is 19.8. The quantitative estimate of drug-likeness (QED) is 0.431. The zero-order valence-electron chi connectivity index (χ0n) is 13.8. The fraction of sp³-hybridized carbons (Fsp3) is 0.533. The highest BCUT2D eigenvalue weighted by atomic mass is 35.5. The van der Waals surface area contributed by atoms with E-state index in [1.165, 1.54) is 25.8 Å². The summed E-state index contributed by atoms with van der Waals surface area (Å²) in [6.07, 6.45) is 0. The lowest BCUT2D eigenvalue weighted by Crippen LogP contribution is -2.53. The molecule has 10 heteroatoms. The minimum Gasteiger partial charge on any atom is -0.372 e. The SMILES string of the molecule is CCN(OC(C)=O)c1c(C)cc(C(O)(C(F)(F)Cl)C(F)(F)Cl)cc1C. The summed E-state index contributed by atoms with van der Waals surface area (Å²) in [6.45, 7) is 5.87. The molecule has 0 heterocycles. The Kier molecular flexibility index (Phi) is 6.25. The number of alkyl halides is 6. The number of anilines is 1. The molecular formula is C15H17Cl2F4NO3. The standard InChI is InChI=1S/C15H17Cl2F4NO3/c1-5-22(25-10(4)23)12-8(2)6-11(7-9(12)3)13(24,14(16,18)19)15(17,20)21/h6-7,24H,5H2,1-4H3. The first kappa shape index (κ1) is 21.8. The number of rotatable bonds is 6. The van der Waals surface area contributed by atoms with E-state index in [-0.39, 0.29) is 17.7 Å². The van der Waals surface area contributed by atoms with Gasteiger partial charge in [-0.15, -0.1) is 0 Å². The van der Waals surface area contributed by atoms with Crippen molar-refractivity contribution in [2.45, 2.75) is 44.1 Å². The van der Waals surface area contributed by atoms with Crippen LogP contribution in [0.1, 0.15) is 30.5 Å². The van der Waals surface area contributed by atoms with E-state index in [4.69, 9.17) is 28.0 Å². The molecule has 142 valence electrons. The molecule has 0 aliphatic heterocycles. The predicted molar refractivity (Wildman–Crippen MR) is 86.2 cm³/mol. The molecule has 0 atom stereocenters. The Morgan fingerprint density at radius 1 is 1.16 bits per heavy atom. The summed E-state index contributed by atoms with van der Waals surface area (Å²) in [5.74, 6) is -0.624. The van der Waals surface area contributed by atoms with Gasteiger partial charge in [-0.2, -0.15) is 17.6 Å². The number of hydrogen-bond donors (Lipinski definition) is 1. The van der Waals surface area contributed by atoms with Gasteiger partial charge in [-0.1, -0.05) is 12.1 Å². The number of aliphatic hydroxyl groups is 1. The van der Waals surface area contributed by atoms with Gasteiger partial charge in [-0.25, -0.2) is 5.06 Å². The van der Waals surface area contributed by atoms with Crippen LogP contribution in [-0.2, 0) is 15.2 Å². The normalized spacial score (nSPS) is 12.9. The number of carbonyl (C=O) groups excluding carboxylic acids is 1. The van der Waals surface area contributed by atoms with Gasteiger partial charge in [-0.3, -0.25) is 4.79 Å². The van der Waals surface area contributed by atoms with Gasteiger partial charge in [0, 0.05) is 6.92 Å². The predicted octanol–water partition coefficient (Wildman–Crippen LogP) is 4.46. The molecule has 1 aromatic carbocycles. The van der Waals surface area contributed by atoms with E-state index in [9.17, 15) is 27.5 Å².